The Balaban J connectivity index is 1.98. The van der Waals surface area contributed by atoms with Gasteiger partial charge >= 0.3 is 0 Å². The van der Waals surface area contributed by atoms with E-state index in [1.54, 1.807) is 0 Å². The van der Waals surface area contributed by atoms with Crippen LogP contribution in [0.4, 0.5) is 0 Å². The van der Waals surface area contributed by atoms with Gasteiger partial charge in [0.2, 0.25) is 0 Å². The zero-order valence-electron chi connectivity index (χ0n) is 11.5. The molecular formula is C13H21N3O2S. The topological polar surface area (TPSA) is 78.0 Å². The average Bonchev–Trinajstić information content (AvgIpc) is 2.79. The fourth-order valence-corrected chi connectivity index (χ4v) is 5.10. The molecule has 6 heteroatoms. The molecule has 1 aliphatic heterocycles. The van der Waals surface area contributed by atoms with Gasteiger partial charge in [0.1, 0.15) is 0 Å². The van der Waals surface area contributed by atoms with Gasteiger partial charge in [0.15, 0.2) is 9.84 Å². The van der Waals surface area contributed by atoms with Crippen LogP contribution in [0.5, 0.6) is 0 Å². The molecule has 0 saturated carbocycles. The number of aromatic nitrogens is 2. The predicted molar refractivity (Wildman–Crippen MR) is 73.6 cm³/mol. The van der Waals surface area contributed by atoms with Crippen molar-refractivity contribution in [3.63, 3.8) is 0 Å². The Bertz CT molecular complexity index is 603. The van der Waals surface area contributed by atoms with Crippen LogP contribution in [0.2, 0.25) is 0 Å². The van der Waals surface area contributed by atoms with E-state index in [4.69, 9.17) is 5.73 Å². The van der Waals surface area contributed by atoms with Crippen LogP contribution >= 0.6 is 0 Å². The first-order chi connectivity index (χ1) is 8.77. The lowest BCUT2D eigenvalue weighted by molar-refractivity contribution is 0.270. The van der Waals surface area contributed by atoms with E-state index in [2.05, 4.69) is 18.9 Å². The van der Waals surface area contributed by atoms with E-state index in [-0.39, 0.29) is 29.0 Å². The first kappa shape index (κ1) is 13.1. The zero-order valence-corrected chi connectivity index (χ0v) is 12.3. The van der Waals surface area contributed by atoms with Crippen molar-refractivity contribution in [2.75, 3.05) is 11.5 Å². The highest BCUT2D eigenvalue weighted by atomic mass is 32.2. The Kier molecular flexibility index (Phi) is 2.80. The minimum atomic E-state index is -2.88. The van der Waals surface area contributed by atoms with Gasteiger partial charge in [-0.2, -0.15) is 5.10 Å². The van der Waals surface area contributed by atoms with Crippen molar-refractivity contribution in [3.8, 4) is 0 Å². The molecular weight excluding hydrogens is 262 g/mol. The van der Waals surface area contributed by atoms with Crippen LogP contribution in [0.25, 0.3) is 0 Å². The molecule has 106 valence electrons. The minimum absolute atomic E-state index is 0.00477. The summed E-state index contributed by atoms with van der Waals surface area (Å²) < 4.78 is 25.2. The van der Waals surface area contributed by atoms with Crippen LogP contribution in [0.3, 0.4) is 0 Å². The zero-order chi connectivity index (χ0) is 13.8. The maximum atomic E-state index is 11.6. The molecule has 2 unspecified atom stereocenters. The van der Waals surface area contributed by atoms with E-state index >= 15 is 0 Å². The summed E-state index contributed by atoms with van der Waals surface area (Å²) in [6.07, 6.45) is 4.38. The number of nitrogens with two attached hydrogens (primary N) is 1. The Labute approximate surface area is 114 Å². The van der Waals surface area contributed by atoms with Crippen LogP contribution in [-0.4, -0.2) is 29.7 Å². The first-order valence-corrected chi connectivity index (χ1v) is 8.62. The van der Waals surface area contributed by atoms with E-state index in [1.807, 2.05) is 10.9 Å². The number of sulfone groups is 1. The molecule has 2 atom stereocenters. The number of fused-ring (bicyclic) bond motifs is 1. The molecule has 5 nitrogen and oxygen atoms in total. The summed E-state index contributed by atoms with van der Waals surface area (Å²) in [7, 11) is -2.88. The van der Waals surface area contributed by atoms with Gasteiger partial charge < -0.3 is 5.73 Å². The summed E-state index contributed by atoms with van der Waals surface area (Å²) in [5.74, 6) is 0.499. The Hall–Kier alpha value is -0.880. The first-order valence-electron chi connectivity index (χ1n) is 6.80. The van der Waals surface area contributed by atoms with Crippen molar-refractivity contribution in [1.82, 2.24) is 9.78 Å². The van der Waals surface area contributed by atoms with Crippen LogP contribution in [-0.2, 0) is 16.3 Å². The van der Waals surface area contributed by atoms with E-state index in [0.717, 1.165) is 24.1 Å². The van der Waals surface area contributed by atoms with Gasteiger partial charge in [0.05, 0.1) is 23.7 Å². The van der Waals surface area contributed by atoms with Gasteiger partial charge in [-0.3, -0.25) is 4.68 Å². The molecule has 3 rings (SSSR count). The molecule has 1 aromatic heterocycles. The highest BCUT2D eigenvalue weighted by molar-refractivity contribution is 7.91. The quantitative estimate of drug-likeness (QED) is 0.840. The lowest BCUT2D eigenvalue weighted by Gasteiger charge is -2.34. The molecule has 0 amide bonds. The fourth-order valence-electron chi connectivity index (χ4n) is 3.41. The molecule has 1 aliphatic carbocycles. The smallest absolute Gasteiger partial charge is 0.152 e. The Morgan fingerprint density at radius 2 is 2.21 bits per heavy atom. The number of rotatable bonds is 1. The van der Waals surface area contributed by atoms with Crippen LogP contribution in [0.1, 0.15) is 50.0 Å². The minimum Gasteiger partial charge on any atom is -0.324 e. The summed E-state index contributed by atoms with van der Waals surface area (Å²) >= 11 is 0. The standard InChI is InChI=1S/C13H21N3O2S/c1-13(2)5-11(14)10-7-15-16(12(10)6-13)9-3-4-19(17,18)8-9/h7,9,11H,3-6,8,14H2,1-2H3. The normalized spacial score (nSPS) is 32.2. The van der Waals surface area contributed by atoms with Crippen molar-refractivity contribution >= 4 is 9.84 Å². The Morgan fingerprint density at radius 1 is 1.47 bits per heavy atom. The third-order valence-electron chi connectivity index (χ3n) is 4.30. The van der Waals surface area contributed by atoms with Gasteiger partial charge in [-0.15, -0.1) is 0 Å². The average molecular weight is 283 g/mol. The SMILES string of the molecule is CC1(C)Cc2c(cnn2C2CCS(=O)(=O)C2)C(N)C1. The summed E-state index contributed by atoms with van der Waals surface area (Å²) in [6.45, 7) is 4.41. The largest absolute Gasteiger partial charge is 0.324 e. The van der Waals surface area contributed by atoms with Crippen molar-refractivity contribution in [2.24, 2.45) is 11.1 Å². The predicted octanol–water partition coefficient (Wildman–Crippen LogP) is 1.21. The number of nitrogens with zero attached hydrogens (tertiary/aromatic N) is 2. The summed E-state index contributed by atoms with van der Waals surface area (Å²) in [6, 6.07) is 0.0142. The third-order valence-corrected chi connectivity index (χ3v) is 6.05. The monoisotopic (exact) mass is 283 g/mol. The molecule has 0 spiro atoms. The van der Waals surface area contributed by atoms with Gasteiger partial charge in [0, 0.05) is 17.3 Å². The molecule has 19 heavy (non-hydrogen) atoms. The second-order valence-electron chi connectivity index (χ2n) is 6.70. The maximum Gasteiger partial charge on any atom is 0.152 e. The van der Waals surface area contributed by atoms with Crippen molar-refractivity contribution in [1.29, 1.82) is 0 Å². The van der Waals surface area contributed by atoms with Crippen LogP contribution in [0, 0.1) is 5.41 Å². The molecule has 2 heterocycles. The van der Waals surface area contributed by atoms with Crippen molar-refractivity contribution in [2.45, 2.75) is 45.2 Å². The summed E-state index contributed by atoms with van der Waals surface area (Å²) in [5.41, 5.74) is 8.62. The highest BCUT2D eigenvalue weighted by Gasteiger charge is 2.37. The molecule has 0 radical (unpaired) electrons. The number of hydrogen-bond donors (Lipinski definition) is 1. The van der Waals surface area contributed by atoms with E-state index in [1.165, 1.54) is 0 Å². The van der Waals surface area contributed by atoms with Gasteiger partial charge in [-0.05, 0) is 24.7 Å². The molecule has 2 N–H and O–H groups in total. The summed E-state index contributed by atoms with van der Waals surface area (Å²) in [5, 5.41) is 4.43. The lowest BCUT2D eigenvalue weighted by Crippen LogP contribution is -2.31. The summed E-state index contributed by atoms with van der Waals surface area (Å²) in [4.78, 5) is 0. The fraction of sp³-hybridized carbons (Fsp3) is 0.769. The van der Waals surface area contributed by atoms with Crippen molar-refractivity contribution in [3.05, 3.63) is 17.5 Å². The van der Waals surface area contributed by atoms with E-state index in [9.17, 15) is 8.42 Å². The molecule has 0 bridgehead atoms. The number of hydrogen-bond acceptors (Lipinski definition) is 4. The van der Waals surface area contributed by atoms with E-state index in [0.29, 0.717) is 6.42 Å². The van der Waals surface area contributed by atoms with Gasteiger partial charge in [-0.1, -0.05) is 13.8 Å². The highest BCUT2D eigenvalue weighted by Crippen LogP contribution is 2.41. The maximum absolute atomic E-state index is 11.6. The second kappa shape index (κ2) is 4.06. The second-order valence-corrected chi connectivity index (χ2v) is 8.93. The van der Waals surface area contributed by atoms with Gasteiger partial charge in [0.25, 0.3) is 0 Å². The van der Waals surface area contributed by atoms with Gasteiger partial charge in [-0.25, -0.2) is 8.42 Å². The lowest BCUT2D eigenvalue weighted by atomic mass is 9.74. The van der Waals surface area contributed by atoms with Crippen LogP contribution in [0.15, 0.2) is 6.20 Å². The Morgan fingerprint density at radius 3 is 2.84 bits per heavy atom. The van der Waals surface area contributed by atoms with Crippen molar-refractivity contribution < 1.29 is 8.42 Å². The molecule has 1 saturated heterocycles. The molecule has 0 aromatic carbocycles. The molecule has 2 aliphatic rings. The molecule has 1 fully saturated rings. The van der Waals surface area contributed by atoms with E-state index < -0.39 is 9.84 Å². The van der Waals surface area contributed by atoms with Crippen LogP contribution < -0.4 is 5.73 Å². The molecule has 1 aromatic rings. The third kappa shape index (κ3) is 2.31.